The quantitative estimate of drug-likeness (QED) is 0.645. The van der Waals surface area contributed by atoms with Crippen molar-refractivity contribution in [3.8, 4) is 0 Å². The molecule has 108 valence electrons. The highest BCUT2D eigenvalue weighted by Crippen LogP contribution is 2.20. The van der Waals surface area contributed by atoms with Crippen molar-refractivity contribution < 1.29 is 0 Å². The third-order valence-electron chi connectivity index (χ3n) is 4.28. The Morgan fingerprint density at radius 3 is 2.55 bits per heavy atom. The molecule has 0 saturated heterocycles. The Morgan fingerprint density at radius 1 is 1.20 bits per heavy atom. The van der Waals surface area contributed by atoms with E-state index < -0.39 is 0 Å². The zero-order valence-corrected chi connectivity index (χ0v) is 12.7. The average molecular weight is 272 g/mol. The Hall–Kier alpha value is -1.49. The van der Waals surface area contributed by atoms with Crippen LogP contribution in [0.5, 0.6) is 0 Å². The predicted molar refractivity (Wildman–Crippen MR) is 84.3 cm³/mol. The van der Waals surface area contributed by atoms with Gasteiger partial charge < -0.3 is 4.90 Å². The number of hydrazine groups is 1. The zero-order chi connectivity index (χ0) is 14.8. The number of para-hydroxylation sites is 1. The summed E-state index contributed by atoms with van der Waals surface area (Å²) in [4.78, 5) is 6.90. The molecule has 0 aliphatic carbocycles. The topological polar surface area (TPSA) is 54.2 Å². The van der Waals surface area contributed by atoms with Crippen LogP contribution in [0, 0.1) is 0 Å². The fourth-order valence-corrected chi connectivity index (χ4v) is 2.26. The lowest BCUT2D eigenvalue weighted by atomic mass is 9.90. The largest absolute Gasteiger partial charge is 0.303 e. The lowest BCUT2D eigenvalue weighted by Crippen LogP contribution is -2.58. The van der Waals surface area contributed by atoms with E-state index in [4.69, 9.17) is 10.8 Å². The van der Waals surface area contributed by atoms with Crippen molar-refractivity contribution in [3.63, 3.8) is 0 Å². The summed E-state index contributed by atoms with van der Waals surface area (Å²) in [5, 5.41) is 1.17. The van der Waals surface area contributed by atoms with Gasteiger partial charge >= 0.3 is 0 Å². The van der Waals surface area contributed by atoms with Gasteiger partial charge in [0.2, 0.25) is 0 Å². The van der Waals surface area contributed by atoms with E-state index in [0.29, 0.717) is 0 Å². The summed E-state index contributed by atoms with van der Waals surface area (Å²) in [6, 6.07) is 12.5. The Kier molecular flexibility index (Phi) is 4.38. The Morgan fingerprint density at radius 2 is 1.90 bits per heavy atom. The van der Waals surface area contributed by atoms with E-state index in [9.17, 15) is 0 Å². The van der Waals surface area contributed by atoms with E-state index in [1.54, 1.807) is 0 Å². The van der Waals surface area contributed by atoms with Crippen LogP contribution in [0.4, 0.5) is 0 Å². The summed E-state index contributed by atoms with van der Waals surface area (Å²) in [6.45, 7) is 4.36. The number of rotatable bonds is 5. The van der Waals surface area contributed by atoms with Gasteiger partial charge in [0.05, 0.1) is 5.52 Å². The van der Waals surface area contributed by atoms with Gasteiger partial charge in [0, 0.05) is 29.1 Å². The molecule has 0 radical (unpaired) electrons. The number of aromatic nitrogens is 1. The van der Waals surface area contributed by atoms with Crippen LogP contribution in [0.15, 0.2) is 36.4 Å². The number of nitrogens with zero attached hydrogens (tertiary/aromatic N) is 2. The molecule has 0 amide bonds. The number of pyridine rings is 1. The first-order valence-electron chi connectivity index (χ1n) is 6.93. The molecule has 1 heterocycles. The summed E-state index contributed by atoms with van der Waals surface area (Å²) in [7, 11) is 4.14. The van der Waals surface area contributed by atoms with Gasteiger partial charge in [0.1, 0.15) is 0 Å². The molecule has 1 atom stereocenters. The molecule has 1 aromatic carbocycles. The first-order valence-corrected chi connectivity index (χ1v) is 6.93. The maximum Gasteiger partial charge on any atom is 0.0705 e. The van der Waals surface area contributed by atoms with E-state index in [1.165, 1.54) is 5.39 Å². The summed E-state index contributed by atoms with van der Waals surface area (Å²) in [5.74, 6) is 5.75. The van der Waals surface area contributed by atoms with Gasteiger partial charge in [-0.2, -0.15) is 0 Å². The van der Waals surface area contributed by atoms with Crippen LogP contribution in [-0.2, 0) is 6.42 Å². The highest BCUT2D eigenvalue weighted by molar-refractivity contribution is 5.78. The summed E-state index contributed by atoms with van der Waals surface area (Å²) < 4.78 is 0. The van der Waals surface area contributed by atoms with Crippen molar-refractivity contribution in [2.24, 2.45) is 5.84 Å². The number of hydrogen-bond acceptors (Lipinski definition) is 4. The molecule has 2 aromatic rings. The number of nitrogens with one attached hydrogen (secondary N) is 1. The standard InChI is InChI=1S/C16H24N4/c1-16(2,20(3)4)15(19-17)11-13-10-9-12-7-5-6-8-14(12)18-13/h5-10,15,19H,11,17H2,1-4H3. The molecular weight excluding hydrogens is 248 g/mol. The summed E-state index contributed by atoms with van der Waals surface area (Å²) >= 11 is 0. The van der Waals surface area contributed by atoms with Crippen LogP contribution in [0.1, 0.15) is 19.5 Å². The van der Waals surface area contributed by atoms with Gasteiger partial charge in [-0.1, -0.05) is 24.3 Å². The number of benzene rings is 1. The molecule has 0 aliphatic heterocycles. The van der Waals surface area contributed by atoms with Gasteiger partial charge in [-0.15, -0.1) is 0 Å². The molecule has 2 rings (SSSR count). The van der Waals surface area contributed by atoms with E-state index in [1.807, 2.05) is 18.2 Å². The number of nitrogens with two attached hydrogens (primary N) is 1. The van der Waals surface area contributed by atoms with Crippen LogP contribution >= 0.6 is 0 Å². The molecule has 20 heavy (non-hydrogen) atoms. The zero-order valence-electron chi connectivity index (χ0n) is 12.7. The molecule has 0 saturated carbocycles. The minimum atomic E-state index is -0.0535. The number of likely N-dealkylation sites (N-methyl/N-ethyl adjacent to an activating group) is 1. The predicted octanol–water partition coefficient (Wildman–Crippen LogP) is 1.95. The fraction of sp³-hybridized carbons (Fsp3) is 0.438. The summed E-state index contributed by atoms with van der Waals surface area (Å²) in [5.41, 5.74) is 4.97. The van der Waals surface area contributed by atoms with Crippen molar-refractivity contribution in [1.82, 2.24) is 15.3 Å². The second-order valence-corrected chi connectivity index (χ2v) is 5.97. The third kappa shape index (κ3) is 2.98. The molecule has 0 aliphatic rings. The minimum Gasteiger partial charge on any atom is -0.303 e. The molecule has 0 bridgehead atoms. The second kappa shape index (κ2) is 5.87. The summed E-state index contributed by atoms with van der Waals surface area (Å²) in [6.07, 6.45) is 0.798. The molecule has 4 nitrogen and oxygen atoms in total. The highest BCUT2D eigenvalue weighted by atomic mass is 15.3. The fourth-order valence-electron chi connectivity index (χ4n) is 2.26. The Bertz CT molecular complexity index is 577. The van der Waals surface area contributed by atoms with E-state index >= 15 is 0 Å². The highest BCUT2D eigenvalue weighted by Gasteiger charge is 2.31. The Balaban J connectivity index is 2.25. The number of hydrogen-bond donors (Lipinski definition) is 2. The van der Waals surface area contributed by atoms with Gasteiger partial charge in [-0.05, 0) is 40.1 Å². The molecule has 4 heteroatoms. The first kappa shape index (κ1) is 14.9. The lowest BCUT2D eigenvalue weighted by molar-refractivity contribution is 0.137. The molecular formula is C16H24N4. The van der Waals surface area contributed by atoms with Gasteiger partial charge in [0.25, 0.3) is 0 Å². The van der Waals surface area contributed by atoms with Crippen molar-refractivity contribution in [1.29, 1.82) is 0 Å². The van der Waals surface area contributed by atoms with Crippen molar-refractivity contribution in [2.75, 3.05) is 14.1 Å². The van der Waals surface area contributed by atoms with E-state index in [0.717, 1.165) is 17.6 Å². The third-order valence-corrected chi connectivity index (χ3v) is 4.28. The molecule has 0 fully saturated rings. The van der Waals surface area contributed by atoms with Gasteiger partial charge in [-0.25, -0.2) is 0 Å². The molecule has 1 aromatic heterocycles. The van der Waals surface area contributed by atoms with E-state index in [2.05, 4.69) is 56.5 Å². The van der Waals surface area contributed by atoms with Gasteiger partial charge in [-0.3, -0.25) is 16.3 Å². The SMILES string of the molecule is CN(C)C(C)(C)C(Cc1ccc2ccccc2n1)NN. The van der Waals surface area contributed by atoms with Crippen molar-refractivity contribution in [3.05, 3.63) is 42.1 Å². The monoisotopic (exact) mass is 272 g/mol. The molecule has 0 spiro atoms. The maximum absolute atomic E-state index is 5.75. The van der Waals surface area contributed by atoms with Crippen LogP contribution < -0.4 is 11.3 Å². The Labute approximate surface area is 121 Å². The van der Waals surface area contributed by atoms with Crippen LogP contribution in [-0.4, -0.2) is 35.6 Å². The lowest BCUT2D eigenvalue weighted by Gasteiger charge is -2.39. The van der Waals surface area contributed by atoms with Gasteiger partial charge in [0.15, 0.2) is 0 Å². The van der Waals surface area contributed by atoms with E-state index in [-0.39, 0.29) is 11.6 Å². The molecule has 1 unspecified atom stereocenters. The normalized spacial score (nSPS) is 13.9. The number of fused-ring (bicyclic) bond motifs is 1. The van der Waals surface area contributed by atoms with Crippen LogP contribution in [0.25, 0.3) is 10.9 Å². The van der Waals surface area contributed by atoms with Crippen molar-refractivity contribution in [2.45, 2.75) is 31.8 Å². The second-order valence-electron chi connectivity index (χ2n) is 5.97. The average Bonchev–Trinajstić information content (AvgIpc) is 2.44. The smallest absolute Gasteiger partial charge is 0.0705 e. The first-order chi connectivity index (χ1) is 9.45. The minimum absolute atomic E-state index is 0.0535. The molecule has 3 N–H and O–H groups in total. The maximum atomic E-state index is 5.75. The van der Waals surface area contributed by atoms with Crippen LogP contribution in [0.3, 0.4) is 0 Å². The van der Waals surface area contributed by atoms with Crippen molar-refractivity contribution >= 4 is 10.9 Å². The van der Waals surface area contributed by atoms with Crippen LogP contribution in [0.2, 0.25) is 0 Å².